The molecule has 7 heteroatoms. The molecule has 0 rings (SSSR count). The van der Waals surface area contributed by atoms with Crippen LogP contribution in [0.3, 0.4) is 0 Å². The molecular weight excluding hydrogens is 244 g/mol. The van der Waals surface area contributed by atoms with Gasteiger partial charge in [-0.25, -0.2) is 8.42 Å². The van der Waals surface area contributed by atoms with Gasteiger partial charge in [0.05, 0.1) is 32.8 Å². The van der Waals surface area contributed by atoms with Crippen LogP contribution in [0.4, 0.5) is 0 Å². The van der Waals surface area contributed by atoms with Crippen molar-refractivity contribution < 1.29 is 21.6 Å². The first-order chi connectivity index (χ1) is 7.80. The lowest BCUT2D eigenvalue weighted by Crippen LogP contribution is -2.50. The van der Waals surface area contributed by atoms with Gasteiger partial charge in [-0.15, -0.1) is 0 Å². The van der Waals surface area contributed by atoms with E-state index in [1.165, 1.54) is 31.0 Å². The molecule has 2 N–H and O–H groups in total. The monoisotopic (exact) mass is 270 g/mol. The van der Waals surface area contributed by atoms with Crippen LogP contribution in [0.1, 0.15) is 27.7 Å². The summed E-state index contributed by atoms with van der Waals surface area (Å²) in [7, 11) is -4.42. The Hall–Kier alpha value is -0.210. The maximum absolute atomic E-state index is 9.45. The third-order valence-electron chi connectivity index (χ3n) is 2.88. The van der Waals surface area contributed by atoms with E-state index >= 15 is 0 Å². The maximum atomic E-state index is 9.45. The minimum Gasteiger partial charge on any atom is -0.726 e. The maximum Gasteiger partial charge on any atom is 0.217 e. The van der Waals surface area contributed by atoms with Crippen molar-refractivity contribution in [1.29, 1.82) is 0 Å². The minimum absolute atomic E-state index is 0.0914. The number of nitrogens with zero attached hydrogens (tertiary/aromatic N) is 1. The fourth-order valence-corrected chi connectivity index (χ4v) is 1.85. The van der Waals surface area contributed by atoms with E-state index in [9.17, 15) is 13.0 Å². The molecule has 0 radical (unpaired) electrons. The standard InChI is InChI=1S/C8H21N2.C2H6O4S/c1-4-10(5-2,6-3)8-7-9;1-2-6-7(3,4)5/h4-9H2,1-3H3;2H2,1H3,(H,3,4,5)/q+1;/p-1. The quantitative estimate of drug-likeness (QED) is 0.408. The van der Waals surface area contributed by atoms with E-state index in [0.29, 0.717) is 0 Å². The molecule has 0 aliphatic rings. The molecule has 0 atom stereocenters. The van der Waals surface area contributed by atoms with Crippen LogP contribution in [0, 0.1) is 0 Å². The summed E-state index contributed by atoms with van der Waals surface area (Å²) in [5.41, 5.74) is 5.53. The molecule has 0 bridgehead atoms. The van der Waals surface area contributed by atoms with Gasteiger partial charge < -0.3 is 14.8 Å². The predicted molar refractivity (Wildman–Crippen MR) is 67.1 cm³/mol. The Morgan fingerprint density at radius 1 is 1.12 bits per heavy atom. The van der Waals surface area contributed by atoms with Gasteiger partial charge in [0.2, 0.25) is 10.4 Å². The van der Waals surface area contributed by atoms with Crippen molar-refractivity contribution in [2.24, 2.45) is 5.73 Å². The number of nitrogens with two attached hydrogens (primary N) is 1. The van der Waals surface area contributed by atoms with E-state index in [0.717, 1.165) is 13.1 Å². The zero-order valence-corrected chi connectivity index (χ0v) is 12.1. The second-order valence-corrected chi connectivity index (χ2v) is 4.67. The fourth-order valence-electron chi connectivity index (χ4n) is 1.56. The lowest BCUT2D eigenvalue weighted by Gasteiger charge is -2.35. The van der Waals surface area contributed by atoms with Gasteiger partial charge in [0.25, 0.3) is 0 Å². The van der Waals surface area contributed by atoms with Gasteiger partial charge >= 0.3 is 0 Å². The molecule has 0 amide bonds. The third kappa shape index (κ3) is 10.7. The Balaban J connectivity index is 0. The summed E-state index contributed by atoms with van der Waals surface area (Å²) in [5, 5.41) is 0. The molecule has 0 fully saturated rings. The Morgan fingerprint density at radius 2 is 1.53 bits per heavy atom. The normalized spacial score (nSPS) is 11.9. The van der Waals surface area contributed by atoms with Crippen molar-refractivity contribution in [2.45, 2.75) is 27.7 Å². The summed E-state index contributed by atoms with van der Waals surface area (Å²) in [6.07, 6.45) is 0. The molecule has 0 aliphatic carbocycles. The third-order valence-corrected chi connectivity index (χ3v) is 3.40. The molecule has 0 aliphatic heterocycles. The molecular formula is C10H26N2O4S. The van der Waals surface area contributed by atoms with Crippen molar-refractivity contribution in [3.05, 3.63) is 0 Å². The minimum atomic E-state index is -4.42. The highest BCUT2D eigenvalue weighted by molar-refractivity contribution is 7.80. The van der Waals surface area contributed by atoms with Gasteiger partial charge in [-0.05, 0) is 27.7 Å². The summed E-state index contributed by atoms with van der Waals surface area (Å²) in [6.45, 7) is 13.6. The lowest BCUT2D eigenvalue weighted by molar-refractivity contribution is -0.921. The van der Waals surface area contributed by atoms with E-state index in [2.05, 4.69) is 25.0 Å². The van der Waals surface area contributed by atoms with E-state index in [1.807, 2.05) is 0 Å². The molecule has 6 nitrogen and oxygen atoms in total. The first-order valence-corrected chi connectivity index (χ1v) is 7.29. The number of quaternary nitrogens is 1. The van der Waals surface area contributed by atoms with Crippen LogP contribution in [0.2, 0.25) is 0 Å². The summed E-state index contributed by atoms with van der Waals surface area (Å²) >= 11 is 0. The Kier molecular flexibility index (Phi) is 11.0. The number of rotatable bonds is 7. The van der Waals surface area contributed by atoms with Crippen LogP contribution in [0.5, 0.6) is 0 Å². The molecule has 0 aromatic rings. The van der Waals surface area contributed by atoms with Crippen LogP contribution in [-0.2, 0) is 14.6 Å². The van der Waals surface area contributed by atoms with Crippen molar-refractivity contribution in [3.63, 3.8) is 0 Å². The molecule has 106 valence electrons. The van der Waals surface area contributed by atoms with Crippen molar-refractivity contribution >= 4 is 10.4 Å². The largest absolute Gasteiger partial charge is 0.726 e. The second-order valence-electron chi connectivity index (χ2n) is 3.62. The number of likely N-dealkylation sites (N-methyl/N-ethyl adjacent to an activating group) is 1. The van der Waals surface area contributed by atoms with Crippen LogP contribution in [0.25, 0.3) is 0 Å². The van der Waals surface area contributed by atoms with E-state index in [1.54, 1.807) is 0 Å². The summed E-state index contributed by atoms with van der Waals surface area (Å²) in [6, 6.07) is 0. The molecule has 0 saturated carbocycles. The molecule has 17 heavy (non-hydrogen) atoms. The Morgan fingerprint density at radius 3 is 1.59 bits per heavy atom. The van der Waals surface area contributed by atoms with E-state index in [-0.39, 0.29) is 6.61 Å². The van der Waals surface area contributed by atoms with E-state index in [4.69, 9.17) is 5.73 Å². The fraction of sp³-hybridized carbons (Fsp3) is 1.00. The van der Waals surface area contributed by atoms with E-state index < -0.39 is 10.4 Å². The zero-order chi connectivity index (χ0) is 13.9. The molecule has 0 spiro atoms. The van der Waals surface area contributed by atoms with Crippen molar-refractivity contribution in [2.75, 3.05) is 39.3 Å². The zero-order valence-electron chi connectivity index (χ0n) is 11.3. The molecule has 0 aromatic carbocycles. The van der Waals surface area contributed by atoms with Crippen LogP contribution in [-0.4, -0.2) is 56.8 Å². The summed E-state index contributed by atoms with van der Waals surface area (Å²) < 4.78 is 33.2. The smallest absolute Gasteiger partial charge is 0.217 e. The first kappa shape index (κ1) is 19.1. The van der Waals surface area contributed by atoms with Crippen molar-refractivity contribution in [3.8, 4) is 0 Å². The molecule has 0 unspecified atom stereocenters. The second kappa shape index (κ2) is 9.78. The number of hydrogen-bond donors (Lipinski definition) is 1. The summed E-state index contributed by atoms with van der Waals surface area (Å²) in [5.74, 6) is 0. The van der Waals surface area contributed by atoms with Gasteiger partial charge in [0.15, 0.2) is 0 Å². The van der Waals surface area contributed by atoms with Crippen molar-refractivity contribution in [1.82, 2.24) is 0 Å². The average molecular weight is 270 g/mol. The molecule has 0 aromatic heterocycles. The highest BCUT2D eigenvalue weighted by Crippen LogP contribution is 2.03. The van der Waals surface area contributed by atoms with Gasteiger partial charge in [0, 0.05) is 6.54 Å². The lowest BCUT2D eigenvalue weighted by atomic mass is 10.3. The Labute approximate surface area is 105 Å². The molecule has 0 saturated heterocycles. The predicted octanol–water partition coefficient (Wildman–Crippen LogP) is 0.305. The topological polar surface area (TPSA) is 92.5 Å². The molecule has 0 heterocycles. The number of hydrogen-bond acceptors (Lipinski definition) is 5. The van der Waals surface area contributed by atoms with Crippen LogP contribution < -0.4 is 5.73 Å². The van der Waals surface area contributed by atoms with Gasteiger partial charge in [-0.3, -0.25) is 4.18 Å². The van der Waals surface area contributed by atoms with Gasteiger partial charge in [0.1, 0.15) is 0 Å². The first-order valence-electron chi connectivity index (χ1n) is 5.96. The summed E-state index contributed by atoms with van der Waals surface area (Å²) in [4.78, 5) is 0. The van der Waals surface area contributed by atoms with Crippen LogP contribution in [0.15, 0.2) is 0 Å². The highest BCUT2D eigenvalue weighted by Gasteiger charge is 2.18. The van der Waals surface area contributed by atoms with Gasteiger partial charge in [-0.2, -0.15) is 0 Å². The average Bonchev–Trinajstić information content (AvgIpc) is 2.25. The SMILES string of the molecule is CCOS(=O)(=O)[O-].CC[N+](CC)(CC)CCN. The Bertz CT molecular complexity index is 255. The van der Waals surface area contributed by atoms with Crippen LogP contribution >= 0.6 is 0 Å². The van der Waals surface area contributed by atoms with Gasteiger partial charge in [-0.1, -0.05) is 0 Å². The highest BCUT2D eigenvalue weighted by atomic mass is 32.3.